The summed E-state index contributed by atoms with van der Waals surface area (Å²) in [6.45, 7) is 1.88. The normalized spacial score (nSPS) is 9.78. The molecule has 4 aromatic carbocycles. The summed E-state index contributed by atoms with van der Waals surface area (Å²) in [6.07, 6.45) is 4.08. The number of Topliss-reactive ketones (excluding diaryl/α,β-unsaturated/α-hetero) is 1. The maximum atomic E-state index is 11.8. The van der Waals surface area contributed by atoms with Gasteiger partial charge in [0.2, 0.25) is 0 Å². The average Bonchev–Trinajstić information content (AvgIpc) is 2.99. The summed E-state index contributed by atoms with van der Waals surface area (Å²) in [5.74, 6) is 0.0963. The number of benzene rings is 4. The Hall–Kier alpha value is -4.53. The molecule has 0 saturated heterocycles. The van der Waals surface area contributed by atoms with Crippen molar-refractivity contribution in [2.75, 3.05) is 0 Å². The van der Waals surface area contributed by atoms with Crippen LogP contribution >= 0.6 is 0 Å². The molecule has 0 aliphatic carbocycles. The minimum atomic E-state index is -0.0247. The van der Waals surface area contributed by atoms with E-state index >= 15 is 0 Å². The number of hydrogen-bond acceptors (Lipinski definition) is 7. The molecule has 0 radical (unpaired) electrons. The number of ketones is 2. The molecular formula is C33H34O7. The van der Waals surface area contributed by atoms with Crippen molar-refractivity contribution in [1.29, 1.82) is 0 Å². The molecule has 208 valence electrons. The topological polar surface area (TPSA) is 110 Å². The van der Waals surface area contributed by atoms with Crippen LogP contribution in [0.5, 0.6) is 0 Å². The van der Waals surface area contributed by atoms with E-state index in [9.17, 15) is 14.4 Å². The summed E-state index contributed by atoms with van der Waals surface area (Å²) in [4.78, 5) is 40.7. The van der Waals surface area contributed by atoms with E-state index in [2.05, 4.69) is 9.78 Å². The number of hydrogen-bond donors (Lipinski definition) is 2. The van der Waals surface area contributed by atoms with E-state index in [0.717, 1.165) is 28.5 Å². The molecule has 0 fully saturated rings. The third-order valence-electron chi connectivity index (χ3n) is 5.22. The van der Waals surface area contributed by atoms with Crippen molar-refractivity contribution < 1.29 is 34.7 Å². The maximum Gasteiger partial charge on any atom is 0.185 e. The molecule has 0 aromatic heterocycles. The monoisotopic (exact) mass is 542 g/mol. The molecular weight excluding hydrogens is 508 g/mol. The van der Waals surface area contributed by atoms with Gasteiger partial charge in [-0.25, -0.2) is 9.78 Å². The van der Waals surface area contributed by atoms with Crippen molar-refractivity contribution in [3.05, 3.63) is 149 Å². The zero-order valence-electron chi connectivity index (χ0n) is 21.5. The number of rotatable bonds is 9. The summed E-state index contributed by atoms with van der Waals surface area (Å²) in [5, 5.41) is 16.4. The smallest absolute Gasteiger partial charge is 0.185 e. The molecule has 0 bridgehead atoms. The number of carbonyl (C=O) groups is 3. The van der Waals surface area contributed by atoms with Gasteiger partial charge < -0.3 is 0 Å². The van der Waals surface area contributed by atoms with Gasteiger partial charge in [-0.2, -0.15) is 0 Å². The van der Waals surface area contributed by atoms with Crippen molar-refractivity contribution in [2.45, 2.75) is 27.6 Å². The standard InChI is InChI=1S/C16H14O3.C8H8O3.C8H8O.CH4/c17-16(15-4-2-1-3-5-15)11-10-13-6-8-14(9-7-13)12-19-18;9-5-7-1-3-8(4-2-7)6-11-10;1-7(9)8-5-3-2-4-6-8;/h1-11,18H,12H2;1-5,10H,6H2;2-6H,1H3;1H4/b11-10+;;;. The number of aldehydes is 1. The molecule has 0 atom stereocenters. The van der Waals surface area contributed by atoms with Crippen molar-refractivity contribution in [3.63, 3.8) is 0 Å². The second-order valence-electron chi connectivity index (χ2n) is 8.13. The van der Waals surface area contributed by atoms with Gasteiger partial charge >= 0.3 is 0 Å². The maximum absolute atomic E-state index is 11.8. The van der Waals surface area contributed by atoms with Crippen LogP contribution in [0, 0.1) is 0 Å². The third kappa shape index (κ3) is 12.8. The van der Waals surface area contributed by atoms with Gasteiger partial charge in [-0.05, 0) is 29.7 Å². The Labute approximate surface area is 234 Å². The van der Waals surface area contributed by atoms with E-state index < -0.39 is 0 Å². The fourth-order valence-electron chi connectivity index (χ4n) is 3.11. The highest BCUT2D eigenvalue weighted by Crippen LogP contribution is 2.09. The molecule has 7 heteroatoms. The first-order valence-corrected chi connectivity index (χ1v) is 12.0. The molecule has 0 heterocycles. The van der Waals surface area contributed by atoms with Gasteiger partial charge in [0.1, 0.15) is 19.5 Å². The van der Waals surface area contributed by atoms with Crippen molar-refractivity contribution >= 4 is 23.9 Å². The van der Waals surface area contributed by atoms with Crippen LogP contribution in [0.2, 0.25) is 0 Å². The summed E-state index contributed by atoms with van der Waals surface area (Å²) >= 11 is 0. The fourth-order valence-corrected chi connectivity index (χ4v) is 3.11. The first-order valence-electron chi connectivity index (χ1n) is 12.0. The predicted molar refractivity (Wildman–Crippen MR) is 156 cm³/mol. The minimum Gasteiger partial charge on any atom is -0.298 e. The second kappa shape index (κ2) is 19.5. The molecule has 2 N–H and O–H groups in total. The van der Waals surface area contributed by atoms with Gasteiger partial charge in [0, 0.05) is 16.7 Å². The van der Waals surface area contributed by atoms with Gasteiger partial charge in [-0.1, -0.05) is 123 Å². The highest BCUT2D eigenvalue weighted by atomic mass is 17.1. The lowest BCUT2D eigenvalue weighted by atomic mass is 10.1. The van der Waals surface area contributed by atoms with Gasteiger partial charge in [-0.15, -0.1) is 0 Å². The summed E-state index contributed by atoms with van der Waals surface area (Å²) in [7, 11) is 0. The van der Waals surface area contributed by atoms with Gasteiger partial charge in [0.25, 0.3) is 0 Å². The molecule has 0 aliphatic rings. The van der Waals surface area contributed by atoms with Gasteiger partial charge in [0.15, 0.2) is 11.6 Å². The Morgan fingerprint density at radius 2 is 1.07 bits per heavy atom. The van der Waals surface area contributed by atoms with Crippen LogP contribution in [0.4, 0.5) is 0 Å². The number of allylic oxidation sites excluding steroid dienone is 1. The summed E-state index contributed by atoms with van der Waals surface area (Å²) < 4.78 is 0. The lowest BCUT2D eigenvalue weighted by Gasteiger charge is -1.99. The van der Waals surface area contributed by atoms with E-state index in [0.29, 0.717) is 11.1 Å². The first-order chi connectivity index (χ1) is 19.0. The Balaban J connectivity index is 0.000000324. The van der Waals surface area contributed by atoms with E-state index in [4.69, 9.17) is 10.5 Å². The molecule has 0 unspecified atom stereocenters. The zero-order valence-corrected chi connectivity index (χ0v) is 21.5. The quantitative estimate of drug-likeness (QED) is 0.0737. The summed E-state index contributed by atoms with van der Waals surface area (Å²) in [6, 6.07) is 32.5. The molecule has 0 amide bonds. The van der Waals surface area contributed by atoms with Crippen LogP contribution in [0.15, 0.2) is 115 Å². The number of carbonyl (C=O) groups excluding carboxylic acids is 3. The molecule has 7 nitrogen and oxygen atoms in total. The highest BCUT2D eigenvalue weighted by molar-refractivity contribution is 6.06. The molecule has 4 rings (SSSR count). The molecule has 40 heavy (non-hydrogen) atoms. The third-order valence-corrected chi connectivity index (χ3v) is 5.22. The SMILES string of the molecule is C.CC(=O)c1ccccc1.O=C(/C=C/c1ccc(COO)cc1)c1ccccc1.O=Cc1ccc(COO)cc1. The fraction of sp³-hybridized carbons (Fsp3) is 0.121. The van der Waals surface area contributed by atoms with Gasteiger partial charge in [-0.3, -0.25) is 24.9 Å². The van der Waals surface area contributed by atoms with Crippen LogP contribution in [0.3, 0.4) is 0 Å². The predicted octanol–water partition coefficient (Wildman–Crippen LogP) is 7.59. The average molecular weight is 543 g/mol. The highest BCUT2D eigenvalue weighted by Gasteiger charge is 1.99. The van der Waals surface area contributed by atoms with Crippen molar-refractivity contribution in [2.24, 2.45) is 0 Å². The zero-order chi connectivity index (χ0) is 28.3. The Bertz CT molecular complexity index is 1300. The van der Waals surface area contributed by atoms with Crippen LogP contribution in [0.25, 0.3) is 6.08 Å². The molecule has 4 aromatic rings. The molecule has 0 saturated carbocycles. The largest absolute Gasteiger partial charge is 0.298 e. The molecule has 0 aliphatic heterocycles. The Morgan fingerprint density at radius 3 is 1.45 bits per heavy atom. The van der Waals surface area contributed by atoms with Crippen LogP contribution in [-0.4, -0.2) is 28.4 Å². The van der Waals surface area contributed by atoms with Crippen molar-refractivity contribution in [3.8, 4) is 0 Å². The minimum absolute atomic E-state index is 0. The van der Waals surface area contributed by atoms with E-state index in [1.165, 1.54) is 0 Å². The van der Waals surface area contributed by atoms with Crippen LogP contribution < -0.4 is 0 Å². The van der Waals surface area contributed by atoms with Gasteiger partial charge in [0.05, 0.1) is 0 Å². The van der Waals surface area contributed by atoms with E-state index in [1.807, 2.05) is 72.8 Å². The van der Waals surface area contributed by atoms with Crippen molar-refractivity contribution in [1.82, 2.24) is 0 Å². The Kier molecular flexibility index (Phi) is 16.4. The van der Waals surface area contributed by atoms with E-state index in [1.54, 1.807) is 55.5 Å². The second-order valence-corrected chi connectivity index (χ2v) is 8.13. The van der Waals surface area contributed by atoms with Crippen LogP contribution in [0.1, 0.15) is 62.1 Å². The van der Waals surface area contributed by atoms with E-state index in [-0.39, 0.29) is 32.2 Å². The first kappa shape index (κ1) is 33.5. The lowest BCUT2D eigenvalue weighted by molar-refractivity contribution is -0.253. The molecule has 0 spiro atoms. The Morgan fingerprint density at radius 1 is 0.650 bits per heavy atom. The van der Waals surface area contributed by atoms with Crippen LogP contribution in [-0.2, 0) is 23.0 Å². The lowest BCUT2D eigenvalue weighted by Crippen LogP contribution is -1.92. The summed E-state index contributed by atoms with van der Waals surface area (Å²) in [5.41, 5.74) is 4.69.